The van der Waals surface area contributed by atoms with Gasteiger partial charge in [0.05, 0.1) is 7.11 Å². The number of rotatable bonds is 7. The highest BCUT2D eigenvalue weighted by Crippen LogP contribution is 2.17. The van der Waals surface area contributed by atoms with Crippen molar-refractivity contribution in [2.75, 3.05) is 53.4 Å². The SMILES string of the molecule is COc1ccc(C(C)NCCCN2CCN(C)CC2)cc1. The van der Waals surface area contributed by atoms with E-state index in [0.29, 0.717) is 6.04 Å². The summed E-state index contributed by atoms with van der Waals surface area (Å²) in [4.78, 5) is 4.97. The number of methoxy groups -OCH3 is 1. The summed E-state index contributed by atoms with van der Waals surface area (Å²) < 4.78 is 5.19. The second-order valence-electron chi connectivity index (χ2n) is 5.95. The number of nitrogens with zero attached hydrogens (tertiary/aromatic N) is 2. The highest BCUT2D eigenvalue weighted by Gasteiger charge is 2.13. The molecule has 1 heterocycles. The van der Waals surface area contributed by atoms with Gasteiger partial charge < -0.3 is 19.9 Å². The van der Waals surface area contributed by atoms with E-state index in [1.54, 1.807) is 7.11 Å². The van der Waals surface area contributed by atoms with Crippen LogP contribution >= 0.6 is 0 Å². The molecule has 1 aliphatic heterocycles. The lowest BCUT2D eigenvalue weighted by Crippen LogP contribution is -2.45. The van der Waals surface area contributed by atoms with Crippen molar-refractivity contribution in [1.29, 1.82) is 0 Å². The molecule has 1 aromatic carbocycles. The first-order valence-electron chi connectivity index (χ1n) is 7.97. The Morgan fingerprint density at radius 2 is 1.81 bits per heavy atom. The minimum Gasteiger partial charge on any atom is -0.497 e. The van der Waals surface area contributed by atoms with Gasteiger partial charge in [0.25, 0.3) is 0 Å². The van der Waals surface area contributed by atoms with E-state index in [9.17, 15) is 0 Å². The third kappa shape index (κ3) is 5.30. The topological polar surface area (TPSA) is 27.7 Å². The molecule has 21 heavy (non-hydrogen) atoms. The molecule has 1 aromatic rings. The van der Waals surface area contributed by atoms with E-state index in [1.165, 1.54) is 44.7 Å². The van der Waals surface area contributed by atoms with Crippen molar-refractivity contribution >= 4 is 0 Å². The Hall–Kier alpha value is -1.10. The third-order valence-corrected chi connectivity index (χ3v) is 4.31. The lowest BCUT2D eigenvalue weighted by atomic mass is 10.1. The van der Waals surface area contributed by atoms with E-state index in [2.05, 4.69) is 41.2 Å². The number of hydrogen-bond acceptors (Lipinski definition) is 4. The number of nitrogens with one attached hydrogen (secondary N) is 1. The van der Waals surface area contributed by atoms with Gasteiger partial charge in [-0.1, -0.05) is 12.1 Å². The molecule has 0 spiro atoms. The predicted octanol–water partition coefficient (Wildman–Crippen LogP) is 1.98. The Bertz CT molecular complexity index is 399. The molecule has 1 unspecified atom stereocenters. The van der Waals surface area contributed by atoms with Gasteiger partial charge in [-0.3, -0.25) is 0 Å². The minimum atomic E-state index is 0.392. The van der Waals surface area contributed by atoms with E-state index in [1.807, 2.05) is 12.1 Å². The van der Waals surface area contributed by atoms with Crippen LogP contribution in [0.4, 0.5) is 0 Å². The molecule has 0 amide bonds. The predicted molar refractivity (Wildman–Crippen MR) is 88.0 cm³/mol. The highest BCUT2D eigenvalue weighted by atomic mass is 16.5. The fourth-order valence-electron chi connectivity index (χ4n) is 2.70. The zero-order chi connectivity index (χ0) is 15.1. The van der Waals surface area contributed by atoms with Gasteiger partial charge in [0.2, 0.25) is 0 Å². The fourth-order valence-corrected chi connectivity index (χ4v) is 2.70. The van der Waals surface area contributed by atoms with Crippen molar-refractivity contribution in [2.24, 2.45) is 0 Å². The number of hydrogen-bond donors (Lipinski definition) is 1. The summed E-state index contributed by atoms with van der Waals surface area (Å²) in [6, 6.07) is 8.71. The van der Waals surface area contributed by atoms with Crippen molar-refractivity contribution in [2.45, 2.75) is 19.4 Å². The van der Waals surface area contributed by atoms with Crippen molar-refractivity contribution in [3.63, 3.8) is 0 Å². The monoisotopic (exact) mass is 291 g/mol. The van der Waals surface area contributed by atoms with Crippen LogP contribution in [0.3, 0.4) is 0 Å². The Morgan fingerprint density at radius 1 is 1.14 bits per heavy atom. The van der Waals surface area contributed by atoms with Crippen LogP contribution in [-0.4, -0.2) is 63.2 Å². The van der Waals surface area contributed by atoms with Crippen molar-refractivity contribution in [1.82, 2.24) is 15.1 Å². The Kier molecular flexibility index (Phi) is 6.49. The summed E-state index contributed by atoms with van der Waals surface area (Å²) >= 11 is 0. The van der Waals surface area contributed by atoms with Crippen LogP contribution in [0, 0.1) is 0 Å². The summed E-state index contributed by atoms with van der Waals surface area (Å²) in [5.41, 5.74) is 1.32. The molecule has 0 aromatic heterocycles. The second-order valence-corrected chi connectivity index (χ2v) is 5.95. The van der Waals surface area contributed by atoms with Crippen LogP contribution in [0.1, 0.15) is 24.9 Å². The normalized spacial score (nSPS) is 18.6. The molecule has 0 aliphatic carbocycles. The van der Waals surface area contributed by atoms with Crippen LogP contribution in [0.5, 0.6) is 5.75 Å². The molecule has 118 valence electrons. The molecule has 0 bridgehead atoms. The molecule has 1 aliphatic rings. The van der Waals surface area contributed by atoms with Gasteiger partial charge in [-0.25, -0.2) is 0 Å². The number of piperazine rings is 1. The van der Waals surface area contributed by atoms with E-state index in [0.717, 1.165) is 12.3 Å². The molecule has 1 atom stereocenters. The standard InChI is InChI=1S/C17H29N3O/c1-15(16-5-7-17(21-3)8-6-16)18-9-4-10-20-13-11-19(2)12-14-20/h5-8,15,18H,4,9-14H2,1-3H3. The average molecular weight is 291 g/mol. The van der Waals surface area contributed by atoms with Crippen molar-refractivity contribution in [3.8, 4) is 5.75 Å². The van der Waals surface area contributed by atoms with Crippen LogP contribution in [0.25, 0.3) is 0 Å². The van der Waals surface area contributed by atoms with E-state index in [4.69, 9.17) is 4.74 Å². The van der Waals surface area contributed by atoms with Crippen molar-refractivity contribution in [3.05, 3.63) is 29.8 Å². The lowest BCUT2D eigenvalue weighted by Gasteiger charge is -2.32. The molecule has 1 N–H and O–H groups in total. The highest BCUT2D eigenvalue weighted by molar-refractivity contribution is 5.28. The first kappa shape index (κ1) is 16.3. The maximum atomic E-state index is 5.19. The number of likely N-dealkylation sites (N-methyl/N-ethyl adjacent to an activating group) is 1. The van der Waals surface area contributed by atoms with Gasteiger partial charge in [0.1, 0.15) is 5.75 Å². The molecular formula is C17H29N3O. The molecule has 2 rings (SSSR count). The maximum absolute atomic E-state index is 5.19. The summed E-state index contributed by atoms with van der Waals surface area (Å²) in [6.07, 6.45) is 1.21. The molecule has 1 saturated heterocycles. The first-order valence-corrected chi connectivity index (χ1v) is 7.97. The molecule has 0 radical (unpaired) electrons. The van der Waals surface area contributed by atoms with Crippen molar-refractivity contribution < 1.29 is 4.74 Å². The Balaban J connectivity index is 1.63. The number of ether oxygens (including phenoxy) is 1. The molecule has 1 fully saturated rings. The van der Waals surface area contributed by atoms with Gasteiger partial charge in [-0.05, 0) is 51.2 Å². The summed E-state index contributed by atoms with van der Waals surface area (Å²) in [5, 5.41) is 3.61. The van der Waals surface area contributed by atoms with E-state index >= 15 is 0 Å². The Morgan fingerprint density at radius 3 is 2.43 bits per heavy atom. The quantitative estimate of drug-likeness (QED) is 0.778. The average Bonchev–Trinajstić information content (AvgIpc) is 2.53. The van der Waals surface area contributed by atoms with Gasteiger partial charge in [-0.2, -0.15) is 0 Å². The third-order valence-electron chi connectivity index (χ3n) is 4.31. The lowest BCUT2D eigenvalue weighted by molar-refractivity contribution is 0.152. The largest absolute Gasteiger partial charge is 0.497 e. The smallest absolute Gasteiger partial charge is 0.118 e. The minimum absolute atomic E-state index is 0.392. The van der Waals surface area contributed by atoms with Crippen LogP contribution in [0.15, 0.2) is 24.3 Å². The fraction of sp³-hybridized carbons (Fsp3) is 0.647. The van der Waals surface area contributed by atoms with Gasteiger partial charge in [-0.15, -0.1) is 0 Å². The summed E-state index contributed by atoms with van der Waals surface area (Å²) in [6.45, 7) is 9.33. The van der Waals surface area contributed by atoms with E-state index < -0.39 is 0 Å². The number of benzene rings is 1. The van der Waals surface area contributed by atoms with Gasteiger partial charge >= 0.3 is 0 Å². The zero-order valence-corrected chi connectivity index (χ0v) is 13.6. The molecule has 4 heteroatoms. The first-order chi connectivity index (χ1) is 10.2. The Labute approximate surface area is 129 Å². The zero-order valence-electron chi connectivity index (χ0n) is 13.6. The summed E-state index contributed by atoms with van der Waals surface area (Å²) in [5.74, 6) is 0.918. The molecular weight excluding hydrogens is 262 g/mol. The van der Waals surface area contributed by atoms with Crippen LogP contribution < -0.4 is 10.1 Å². The maximum Gasteiger partial charge on any atom is 0.118 e. The van der Waals surface area contributed by atoms with Gasteiger partial charge in [0, 0.05) is 32.2 Å². The van der Waals surface area contributed by atoms with Crippen LogP contribution in [0.2, 0.25) is 0 Å². The van der Waals surface area contributed by atoms with E-state index in [-0.39, 0.29) is 0 Å². The summed E-state index contributed by atoms with van der Waals surface area (Å²) in [7, 11) is 3.91. The second kappa shape index (κ2) is 8.37. The van der Waals surface area contributed by atoms with Gasteiger partial charge in [0.15, 0.2) is 0 Å². The molecule has 0 saturated carbocycles. The molecule has 4 nitrogen and oxygen atoms in total. The van der Waals surface area contributed by atoms with Crippen LogP contribution in [-0.2, 0) is 0 Å².